The number of carbonyl (C=O) groups is 1. The van der Waals surface area contributed by atoms with Crippen LogP contribution >= 0.6 is 0 Å². The molecule has 2 unspecified atom stereocenters. The van der Waals surface area contributed by atoms with Crippen molar-refractivity contribution in [3.63, 3.8) is 0 Å². The lowest BCUT2D eigenvalue weighted by molar-refractivity contribution is -0.126. The smallest absolute Gasteiger partial charge is 0.201 e. The van der Waals surface area contributed by atoms with Gasteiger partial charge in [0.15, 0.2) is 6.10 Å². The van der Waals surface area contributed by atoms with Crippen molar-refractivity contribution in [1.82, 2.24) is 0 Å². The van der Waals surface area contributed by atoms with Gasteiger partial charge in [0.1, 0.15) is 6.10 Å². The zero-order valence-corrected chi connectivity index (χ0v) is 5.23. The van der Waals surface area contributed by atoms with E-state index in [-0.39, 0.29) is 5.78 Å². The molecular weight excluding hydrogens is 136 g/mol. The zero-order chi connectivity index (χ0) is 7.56. The Morgan fingerprint density at radius 1 is 1.80 bits per heavy atom. The van der Waals surface area contributed by atoms with Crippen LogP contribution in [0.5, 0.6) is 0 Å². The van der Waals surface area contributed by atoms with Gasteiger partial charge in [0, 0.05) is 6.08 Å². The van der Waals surface area contributed by atoms with Gasteiger partial charge in [0.2, 0.25) is 5.78 Å². The van der Waals surface area contributed by atoms with Gasteiger partial charge >= 0.3 is 0 Å². The summed E-state index contributed by atoms with van der Waals surface area (Å²) in [5.41, 5.74) is 0. The summed E-state index contributed by atoms with van der Waals surface area (Å²) in [6.07, 6.45) is 0.433. The molecule has 0 saturated heterocycles. The van der Waals surface area contributed by atoms with E-state index in [4.69, 9.17) is 10.2 Å². The third-order valence-corrected chi connectivity index (χ3v) is 1.27. The molecule has 0 aromatic carbocycles. The van der Waals surface area contributed by atoms with Crippen molar-refractivity contribution in [2.75, 3.05) is 6.61 Å². The normalized spacial score (nSPS) is 26.6. The van der Waals surface area contributed by atoms with E-state index in [0.717, 1.165) is 0 Å². The van der Waals surface area contributed by atoms with E-state index in [1.165, 1.54) is 12.3 Å². The maximum absolute atomic E-state index is 10.7. The van der Waals surface area contributed by atoms with Gasteiger partial charge in [0.05, 0.1) is 12.9 Å². The highest BCUT2D eigenvalue weighted by Gasteiger charge is 2.28. The van der Waals surface area contributed by atoms with Crippen LogP contribution in [-0.4, -0.2) is 34.8 Å². The highest BCUT2D eigenvalue weighted by molar-refractivity contribution is 5.95. The molecule has 10 heavy (non-hydrogen) atoms. The molecule has 1 rings (SSSR count). The second-order valence-electron chi connectivity index (χ2n) is 2.01. The van der Waals surface area contributed by atoms with Crippen molar-refractivity contribution in [3.8, 4) is 0 Å². The van der Waals surface area contributed by atoms with Crippen LogP contribution in [0.4, 0.5) is 0 Å². The van der Waals surface area contributed by atoms with E-state index in [1.807, 2.05) is 0 Å². The molecule has 1 heterocycles. The number of aliphatic hydroxyl groups is 2. The molecule has 4 nitrogen and oxygen atoms in total. The summed E-state index contributed by atoms with van der Waals surface area (Å²) in [5, 5.41) is 17.3. The van der Waals surface area contributed by atoms with Crippen LogP contribution in [0.25, 0.3) is 0 Å². The number of aliphatic hydroxyl groups excluding tert-OH is 2. The van der Waals surface area contributed by atoms with Gasteiger partial charge in [-0.3, -0.25) is 4.79 Å². The number of hydrogen-bond acceptors (Lipinski definition) is 4. The minimum atomic E-state index is -1.11. The third-order valence-electron chi connectivity index (χ3n) is 1.27. The molecule has 2 atom stereocenters. The fourth-order valence-electron chi connectivity index (χ4n) is 0.729. The van der Waals surface area contributed by atoms with Gasteiger partial charge in [-0.1, -0.05) is 0 Å². The molecule has 0 bridgehead atoms. The average molecular weight is 144 g/mol. The summed E-state index contributed by atoms with van der Waals surface area (Å²) in [5.74, 6) is -0.304. The molecule has 0 spiro atoms. The summed E-state index contributed by atoms with van der Waals surface area (Å²) in [6.45, 7) is -0.460. The number of hydrogen-bond donors (Lipinski definition) is 2. The largest absolute Gasteiger partial charge is 0.487 e. The molecular formula is C6H8O4. The maximum Gasteiger partial charge on any atom is 0.201 e. The Hall–Kier alpha value is -0.870. The van der Waals surface area contributed by atoms with Crippen LogP contribution in [0.15, 0.2) is 12.3 Å². The Bertz CT molecular complexity index is 163. The van der Waals surface area contributed by atoms with Crippen molar-refractivity contribution < 1.29 is 19.7 Å². The van der Waals surface area contributed by atoms with Crippen LogP contribution in [0.1, 0.15) is 0 Å². The summed E-state index contributed by atoms with van der Waals surface area (Å²) in [7, 11) is 0. The van der Waals surface area contributed by atoms with E-state index in [1.54, 1.807) is 0 Å². The summed E-state index contributed by atoms with van der Waals surface area (Å²) >= 11 is 0. The first-order valence-electron chi connectivity index (χ1n) is 2.90. The van der Waals surface area contributed by atoms with Gasteiger partial charge < -0.3 is 14.9 Å². The van der Waals surface area contributed by atoms with Gasteiger partial charge in [-0.25, -0.2) is 0 Å². The van der Waals surface area contributed by atoms with Crippen molar-refractivity contribution >= 4 is 5.78 Å². The molecule has 0 radical (unpaired) electrons. The number of rotatable bonds is 2. The quantitative estimate of drug-likeness (QED) is 0.512. The summed E-state index contributed by atoms with van der Waals surface area (Å²) in [4.78, 5) is 10.7. The van der Waals surface area contributed by atoms with E-state index in [0.29, 0.717) is 0 Å². The molecule has 56 valence electrons. The van der Waals surface area contributed by atoms with E-state index >= 15 is 0 Å². The highest BCUT2D eigenvalue weighted by atomic mass is 16.5. The standard InChI is InChI=1S/C6H8O4/c7-3-5(9)6-4(8)1-2-10-6/h1-2,5-7,9H,3H2. The molecule has 1 aliphatic rings. The second-order valence-corrected chi connectivity index (χ2v) is 2.01. The fraction of sp³-hybridized carbons (Fsp3) is 0.500. The number of ether oxygens (including phenoxy) is 1. The topological polar surface area (TPSA) is 66.8 Å². The molecule has 0 saturated carbocycles. The average Bonchev–Trinajstić information content (AvgIpc) is 2.34. The predicted molar refractivity (Wildman–Crippen MR) is 32.1 cm³/mol. The molecule has 0 fully saturated rings. The minimum absolute atomic E-state index is 0.304. The van der Waals surface area contributed by atoms with E-state index in [2.05, 4.69) is 4.74 Å². The molecule has 0 aromatic rings. The van der Waals surface area contributed by atoms with E-state index < -0.39 is 18.8 Å². The first-order chi connectivity index (χ1) is 4.75. The Morgan fingerprint density at radius 2 is 2.50 bits per heavy atom. The molecule has 0 aliphatic carbocycles. The first-order valence-corrected chi connectivity index (χ1v) is 2.90. The lowest BCUT2D eigenvalue weighted by Crippen LogP contribution is -2.34. The number of carbonyl (C=O) groups excluding carboxylic acids is 1. The third kappa shape index (κ3) is 1.17. The maximum atomic E-state index is 10.7. The SMILES string of the molecule is O=C1C=COC1C(O)CO. The Balaban J connectivity index is 2.51. The Kier molecular flexibility index (Phi) is 2.03. The summed E-state index contributed by atoms with van der Waals surface area (Å²) in [6, 6.07) is 0. The second kappa shape index (κ2) is 2.81. The molecule has 1 aliphatic heterocycles. The van der Waals surface area contributed by atoms with Gasteiger partial charge in [-0.2, -0.15) is 0 Å². The molecule has 2 N–H and O–H groups in total. The van der Waals surface area contributed by atoms with Crippen molar-refractivity contribution in [3.05, 3.63) is 12.3 Å². The van der Waals surface area contributed by atoms with Gasteiger partial charge in [-0.05, 0) is 0 Å². The highest BCUT2D eigenvalue weighted by Crippen LogP contribution is 2.08. The minimum Gasteiger partial charge on any atom is -0.487 e. The van der Waals surface area contributed by atoms with Crippen LogP contribution in [-0.2, 0) is 9.53 Å². The fourth-order valence-corrected chi connectivity index (χ4v) is 0.729. The van der Waals surface area contributed by atoms with Crippen molar-refractivity contribution in [2.45, 2.75) is 12.2 Å². The molecule has 0 aromatic heterocycles. The molecule has 0 amide bonds. The van der Waals surface area contributed by atoms with Crippen LogP contribution in [0, 0.1) is 0 Å². The lowest BCUT2D eigenvalue weighted by atomic mass is 10.1. The monoisotopic (exact) mass is 144 g/mol. The van der Waals surface area contributed by atoms with Crippen molar-refractivity contribution in [1.29, 1.82) is 0 Å². The van der Waals surface area contributed by atoms with Crippen LogP contribution in [0.2, 0.25) is 0 Å². The van der Waals surface area contributed by atoms with Crippen LogP contribution < -0.4 is 0 Å². The Morgan fingerprint density at radius 3 is 2.90 bits per heavy atom. The van der Waals surface area contributed by atoms with Crippen LogP contribution in [0.3, 0.4) is 0 Å². The molecule has 4 heteroatoms. The van der Waals surface area contributed by atoms with Crippen molar-refractivity contribution in [2.24, 2.45) is 0 Å². The van der Waals surface area contributed by atoms with E-state index in [9.17, 15) is 4.79 Å². The van der Waals surface area contributed by atoms with Gasteiger partial charge in [-0.15, -0.1) is 0 Å². The zero-order valence-electron chi connectivity index (χ0n) is 5.23. The number of ketones is 1. The first kappa shape index (κ1) is 7.24. The van der Waals surface area contributed by atoms with Gasteiger partial charge in [0.25, 0.3) is 0 Å². The Labute approximate surface area is 57.7 Å². The lowest BCUT2D eigenvalue weighted by Gasteiger charge is -2.12. The predicted octanol–water partition coefficient (Wildman–Crippen LogP) is -1.18. The summed E-state index contributed by atoms with van der Waals surface area (Å²) < 4.78 is 4.68.